The van der Waals surface area contributed by atoms with Crippen molar-refractivity contribution in [2.45, 2.75) is 25.8 Å². The highest BCUT2D eigenvalue weighted by Gasteiger charge is 2.19. The molecule has 0 atom stereocenters. The maximum Gasteiger partial charge on any atom is 0.126 e. The number of rotatable bonds is 6. The highest BCUT2D eigenvalue weighted by molar-refractivity contribution is 5.91. The summed E-state index contributed by atoms with van der Waals surface area (Å²) in [5.74, 6) is 1.86. The van der Waals surface area contributed by atoms with E-state index < -0.39 is 0 Å². The van der Waals surface area contributed by atoms with E-state index in [1.165, 1.54) is 48.7 Å². The van der Waals surface area contributed by atoms with E-state index in [0.717, 1.165) is 24.8 Å². The molecule has 0 bridgehead atoms. The number of fused-ring (bicyclic) bond motifs is 1. The highest BCUT2D eigenvalue weighted by atomic mass is 35.5. The molecule has 0 saturated carbocycles. The van der Waals surface area contributed by atoms with Crippen LogP contribution < -0.4 is 10.1 Å². The summed E-state index contributed by atoms with van der Waals surface area (Å²) in [5.41, 5.74) is 1.41. The van der Waals surface area contributed by atoms with Crippen LogP contribution >= 0.6 is 12.4 Å². The first-order chi connectivity index (χ1) is 11.3. The van der Waals surface area contributed by atoms with Gasteiger partial charge in [0.25, 0.3) is 0 Å². The van der Waals surface area contributed by atoms with Crippen molar-refractivity contribution >= 4 is 23.2 Å². The lowest BCUT2D eigenvalue weighted by Crippen LogP contribution is -2.34. The fourth-order valence-corrected chi connectivity index (χ4v) is 3.67. The largest absolute Gasteiger partial charge is 0.496 e. The van der Waals surface area contributed by atoms with E-state index in [0.29, 0.717) is 0 Å². The van der Waals surface area contributed by atoms with Crippen LogP contribution in [0.2, 0.25) is 0 Å². The average Bonchev–Trinajstić information content (AvgIpc) is 2.61. The molecule has 1 N–H and O–H groups in total. The fraction of sp³-hybridized carbons (Fsp3) is 0.500. The average molecular weight is 349 g/mol. The Bertz CT molecular complexity index is 639. The summed E-state index contributed by atoms with van der Waals surface area (Å²) in [6.45, 7) is 4.63. The lowest BCUT2D eigenvalue weighted by Gasteiger charge is -2.32. The normalized spacial score (nSPS) is 16.1. The molecule has 1 aliphatic rings. The zero-order chi connectivity index (χ0) is 16.1. The van der Waals surface area contributed by atoms with Gasteiger partial charge in [0.05, 0.1) is 7.11 Å². The van der Waals surface area contributed by atoms with Crippen molar-refractivity contribution in [3.63, 3.8) is 0 Å². The molecular weight excluding hydrogens is 320 g/mol. The number of hydrogen-bond donors (Lipinski definition) is 1. The maximum absolute atomic E-state index is 5.50. The first-order valence-electron chi connectivity index (χ1n) is 8.73. The number of piperidine rings is 1. The van der Waals surface area contributed by atoms with Gasteiger partial charge in [-0.15, -0.1) is 12.4 Å². The lowest BCUT2D eigenvalue weighted by atomic mass is 9.93. The number of nitrogens with one attached hydrogen (secondary N) is 1. The smallest absolute Gasteiger partial charge is 0.126 e. The molecule has 3 rings (SSSR count). The minimum absolute atomic E-state index is 0. The summed E-state index contributed by atoms with van der Waals surface area (Å²) in [4.78, 5) is 2.60. The highest BCUT2D eigenvalue weighted by Crippen LogP contribution is 2.30. The molecule has 0 aromatic heterocycles. The van der Waals surface area contributed by atoms with Crippen molar-refractivity contribution in [1.29, 1.82) is 0 Å². The van der Waals surface area contributed by atoms with Crippen molar-refractivity contribution in [2.24, 2.45) is 5.92 Å². The predicted octanol–water partition coefficient (Wildman–Crippen LogP) is 4.09. The molecule has 0 amide bonds. The molecular formula is C20H29ClN2O. The topological polar surface area (TPSA) is 24.5 Å². The number of nitrogens with zero attached hydrogens (tertiary/aromatic N) is 1. The number of likely N-dealkylation sites (tertiary alicyclic amines) is 1. The van der Waals surface area contributed by atoms with E-state index in [1.807, 2.05) is 7.05 Å². The molecule has 4 heteroatoms. The Morgan fingerprint density at radius 3 is 2.46 bits per heavy atom. The summed E-state index contributed by atoms with van der Waals surface area (Å²) in [6, 6.07) is 12.9. The molecule has 1 fully saturated rings. The van der Waals surface area contributed by atoms with Crippen molar-refractivity contribution < 1.29 is 4.74 Å². The second kappa shape index (κ2) is 9.26. The number of halogens is 1. The third kappa shape index (κ3) is 4.41. The summed E-state index contributed by atoms with van der Waals surface area (Å²) in [7, 11) is 3.79. The van der Waals surface area contributed by atoms with E-state index >= 15 is 0 Å². The molecule has 0 radical (unpaired) electrons. The molecule has 0 aliphatic carbocycles. The van der Waals surface area contributed by atoms with Crippen molar-refractivity contribution in [1.82, 2.24) is 10.2 Å². The van der Waals surface area contributed by atoms with E-state index in [4.69, 9.17) is 4.74 Å². The van der Waals surface area contributed by atoms with Gasteiger partial charge in [0.2, 0.25) is 0 Å². The summed E-state index contributed by atoms with van der Waals surface area (Å²) >= 11 is 0. The molecule has 2 aromatic rings. The molecule has 24 heavy (non-hydrogen) atoms. The van der Waals surface area contributed by atoms with Gasteiger partial charge >= 0.3 is 0 Å². The van der Waals surface area contributed by atoms with E-state index in [2.05, 4.69) is 46.6 Å². The molecule has 0 unspecified atom stereocenters. The van der Waals surface area contributed by atoms with Gasteiger partial charge in [-0.2, -0.15) is 0 Å². The zero-order valence-electron chi connectivity index (χ0n) is 14.8. The SMILES string of the molecule is CNCCC1CCN(Cc2ccc(OC)c3ccccc23)CC1.Cl. The lowest BCUT2D eigenvalue weighted by molar-refractivity contribution is 0.173. The van der Waals surface area contributed by atoms with Gasteiger partial charge in [-0.25, -0.2) is 0 Å². The van der Waals surface area contributed by atoms with Crippen molar-refractivity contribution in [2.75, 3.05) is 33.8 Å². The van der Waals surface area contributed by atoms with Crippen LogP contribution in [0.25, 0.3) is 10.8 Å². The third-order valence-electron chi connectivity index (χ3n) is 5.10. The molecule has 1 heterocycles. The Hall–Kier alpha value is -1.29. The summed E-state index contributed by atoms with van der Waals surface area (Å²) in [6.07, 6.45) is 3.97. The molecule has 3 nitrogen and oxygen atoms in total. The van der Waals surface area contributed by atoms with Crippen LogP contribution in [0.15, 0.2) is 36.4 Å². The van der Waals surface area contributed by atoms with Crippen LogP contribution in [0.1, 0.15) is 24.8 Å². The number of hydrogen-bond acceptors (Lipinski definition) is 3. The Balaban J connectivity index is 0.00000208. The predicted molar refractivity (Wildman–Crippen MR) is 104 cm³/mol. The quantitative estimate of drug-likeness (QED) is 0.850. The second-order valence-electron chi connectivity index (χ2n) is 6.58. The van der Waals surface area contributed by atoms with Crippen molar-refractivity contribution in [3.8, 4) is 5.75 Å². The number of benzene rings is 2. The van der Waals surface area contributed by atoms with Crippen LogP contribution in [0, 0.1) is 5.92 Å². The van der Waals surface area contributed by atoms with Gasteiger partial charge in [-0.1, -0.05) is 30.3 Å². The number of methoxy groups -OCH3 is 1. The Kier molecular flexibility index (Phi) is 7.35. The van der Waals surface area contributed by atoms with Crippen LogP contribution in [0.3, 0.4) is 0 Å². The zero-order valence-corrected chi connectivity index (χ0v) is 15.6. The van der Waals surface area contributed by atoms with Crippen LogP contribution in [-0.4, -0.2) is 38.7 Å². The van der Waals surface area contributed by atoms with Crippen LogP contribution in [0.4, 0.5) is 0 Å². The Morgan fingerprint density at radius 1 is 1.08 bits per heavy atom. The second-order valence-corrected chi connectivity index (χ2v) is 6.58. The molecule has 0 spiro atoms. The first-order valence-corrected chi connectivity index (χ1v) is 8.73. The third-order valence-corrected chi connectivity index (χ3v) is 5.10. The van der Waals surface area contributed by atoms with Crippen LogP contribution in [0.5, 0.6) is 5.75 Å². The maximum atomic E-state index is 5.50. The minimum atomic E-state index is 0. The van der Waals surface area contributed by atoms with Gasteiger partial charge in [0.15, 0.2) is 0 Å². The molecule has 1 aliphatic heterocycles. The molecule has 2 aromatic carbocycles. The fourth-order valence-electron chi connectivity index (χ4n) is 3.67. The molecule has 1 saturated heterocycles. The van der Waals surface area contributed by atoms with Crippen LogP contribution in [-0.2, 0) is 6.54 Å². The van der Waals surface area contributed by atoms with Gasteiger partial charge in [0.1, 0.15) is 5.75 Å². The standard InChI is InChI=1S/C20H28N2O.ClH/c1-21-12-9-16-10-13-22(14-11-16)15-17-7-8-20(23-2)19-6-4-3-5-18(17)19;/h3-8,16,21H,9-15H2,1-2H3;1H. The van der Waals surface area contributed by atoms with Gasteiger partial charge in [-0.05, 0) is 68.9 Å². The summed E-state index contributed by atoms with van der Waals surface area (Å²) in [5, 5.41) is 5.81. The van der Waals surface area contributed by atoms with E-state index in [-0.39, 0.29) is 12.4 Å². The number of ether oxygens (including phenoxy) is 1. The minimum Gasteiger partial charge on any atom is -0.496 e. The van der Waals surface area contributed by atoms with Crippen molar-refractivity contribution in [3.05, 3.63) is 42.0 Å². The monoisotopic (exact) mass is 348 g/mol. The van der Waals surface area contributed by atoms with E-state index in [9.17, 15) is 0 Å². The van der Waals surface area contributed by atoms with E-state index in [1.54, 1.807) is 7.11 Å². The first kappa shape index (κ1) is 19.0. The Morgan fingerprint density at radius 2 is 1.79 bits per heavy atom. The molecule has 132 valence electrons. The van der Waals surface area contributed by atoms with Gasteiger partial charge in [-0.3, -0.25) is 4.90 Å². The van der Waals surface area contributed by atoms with Gasteiger partial charge in [0, 0.05) is 11.9 Å². The summed E-state index contributed by atoms with van der Waals surface area (Å²) < 4.78 is 5.50. The van der Waals surface area contributed by atoms with Gasteiger partial charge < -0.3 is 10.1 Å². The Labute approximate surface area is 151 Å².